The zero-order valence-corrected chi connectivity index (χ0v) is 16.3. The Morgan fingerprint density at radius 3 is 1.92 bits per heavy atom. The van der Waals surface area contributed by atoms with Crippen LogP contribution in [-0.2, 0) is 19.0 Å². The van der Waals surface area contributed by atoms with Gasteiger partial charge in [0.2, 0.25) is 0 Å². The Morgan fingerprint density at radius 2 is 1.36 bits per heavy atom. The first-order chi connectivity index (χ1) is 12.1. The first-order valence-electron chi connectivity index (χ1n) is 9.70. The van der Waals surface area contributed by atoms with E-state index < -0.39 is 18.1 Å². The van der Waals surface area contributed by atoms with Gasteiger partial charge < -0.3 is 19.5 Å². The molecule has 0 saturated heterocycles. The van der Waals surface area contributed by atoms with Crippen LogP contribution in [0.2, 0.25) is 0 Å². The summed E-state index contributed by atoms with van der Waals surface area (Å²) in [6, 6.07) is -0.710. The molecule has 0 radical (unpaired) electrons. The van der Waals surface area contributed by atoms with Gasteiger partial charge in [0.1, 0.15) is 12.6 Å². The number of amides is 1. The van der Waals surface area contributed by atoms with E-state index in [4.69, 9.17) is 14.2 Å². The minimum Gasteiger partial charge on any atom is -0.464 e. The molecule has 0 spiro atoms. The van der Waals surface area contributed by atoms with Gasteiger partial charge in [0.05, 0.1) is 13.2 Å². The van der Waals surface area contributed by atoms with Crippen LogP contribution in [0.4, 0.5) is 4.79 Å². The molecule has 1 atom stereocenters. The Balaban J connectivity index is 3.46. The minimum atomic E-state index is -0.710. The lowest BCUT2D eigenvalue weighted by molar-refractivity contribution is -0.145. The Bertz CT molecular complexity index is 336. The van der Waals surface area contributed by atoms with Gasteiger partial charge in [-0.25, -0.2) is 9.59 Å². The van der Waals surface area contributed by atoms with Crippen molar-refractivity contribution in [3.8, 4) is 0 Å². The van der Waals surface area contributed by atoms with Crippen LogP contribution >= 0.6 is 0 Å². The molecule has 6 heteroatoms. The molecule has 0 aromatic heterocycles. The first kappa shape index (κ1) is 23.7. The highest BCUT2D eigenvalue weighted by Gasteiger charge is 2.17. The summed E-state index contributed by atoms with van der Waals surface area (Å²) in [4.78, 5) is 23.1. The van der Waals surface area contributed by atoms with E-state index in [0.29, 0.717) is 13.2 Å². The molecule has 1 unspecified atom stereocenters. The smallest absolute Gasteiger partial charge is 0.407 e. The van der Waals surface area contributed by atoms with Crippen LogP contribution < -0.4 is 5.32 Å². The molecule has 25 heavy (non-hydrogen) atoms. The number of carbonyl (C=O) groups is 2. The molecule has 6 nitrogen and oxygen atoms in total. The Morgan fingerprint density at radius 1 is 0.800 bits per heavy atom. The summed E-state index contributed by atoms with van der Waals surface area (Å²) in [6.07, 6.45) is 11.7. The quantitative estimate of drug-likeness (QED) is 0.330. The molecule has 0 aliphatic carbocycles. The van der Waals surface area contributed by atoms with Crippen LogP contribution in [0.3, 0.4) is 0 Å². The maximum absolute atomic E-state index is 11.8. The van der Waals surface area contributed by atoms with Crippen molar-refractivity contribution in [1.82, 2.24) is 5.32 Å². The molecule has 0 aliphatic rings. The van der Waals surface area contributed by atoms with E-state index in [-0.39, 0.29) is 6.61 Å². The molecule has 0 aromatic rings. The lowest BCUT2D eigenvalue weighted by Crippen LogP contribution is -2.40. The van der Waals surface area contributed by atoms with Gasteiger partial charge in [-0.05, 0) is 13.3 Å². The predicted octanol–water partition coefficient (Wildman–Crippen LogP) is 4.21. The molecule has 0 fully saturated rings. The third-order valence-corrected chi connectivity index (χ3v) is 3.95. The molecule has 1 amide bonds. The summed E-state index contributed by atoms with van der Waals surface area (Å²) in [5, 5.41) is 2.44. The number of methoxy groups -OCH3 is 1. The second-order valence-corrected chi connectivity index (χ2v) is 6.34. The maximum Gasteiger partial charge on any atom is 0.407 e. The van der Waals surface area contributed by atoms with Crippen LogP contribution in [-0.4, -0.2) is 45.0 Å². The number of alkyl carbamates (subject to hydrolysis) is 1. The van der Waals surface area contributed by atoms with Gasteiger partial charge in [0.25, 0.3) is 0 Å². The number of nitrogens with one attached hydrogen (secondary N) is 1. The molecule has 0 aliphatic heterocycles. The normalized spacial score (nSPS) is 11.8. The van der Waals surface area contributed by atoms with Gasteiger partial charge in [0, 0.05) is 7.11 Å². The highest BCUT2D eigenvalue weighted by molar-refractivity contribution is 5.80. The minimum absolute atomic E-state index is 0.155. The fraction of sp³-hybridized carbons (Fsp3) is 0.895. The highest BCUT2D eigenvalue weighted by atomic mass is 16.6. The van der Waals surface area contributed by atoms with E-state index in [2.05, 4.69) is 12.2 Å². The van der Waals surface area contributed by atoms with Crippen molar-refractivity contribution in [1.29, 1.82) is 0 Å². The van der Waals surface area contributed by atoms with Crippen LogP contribution in [0.1, 0.15) is 78.1 Å². The monoisotopic (exact) mass is 359 g/mol. The average molecular weight is 360 g/mol. The van der Waals surface area contributed by atoms with Gasteiger partial charge in [-0.15, -0.1) is 0 Å². The van der Waals surface area contributed by atoms with E-state index in [1.165, 1.54) is 58.5 Å². The van der Waals surface area contributed by atoms with Gasteiger partial charge >= 0.3 is 12.1 Å². The SMILES string of the molecule is CCCCCCCCCCCCOC(=O)C(C)NC(=O)OCCOC. The molecule has 148 valence electrons. The summed E-state index contributed by atoms with van der Waals surface area (Å²) in [6.45, 7) is 4.70. The Hall–Kier alpha value is -1.30. The van der Waals surface area contributed by atoms with Crippen molar-refractivity contribution in [2.75, 3.05) is 26.9 Å². The van der Waals surface area contributed by atoms with Crippen LogP contribution in [0.5, 0.6) is 0 Å². The zero-order valence-electron chi connectivity index (χ0n) is 16.3. The lowest BCUT2D eigenvalue weighted by Gasteiger charge is -2.13. The standard InChI is InChI=1S/C19H37NO5/c1-4-5-6-7-8-9-10-11-12-13-14-24-18(21)17(2)20-19(22)25-16-15-23-3/h17H,4-16H2,1-3H3,(H,20,22). The largest absolute Gasteiger partial charge is 0.464 e. The lowest BCUT2D eigenvalue weighted by atomic mass is 10.1. The van der Waals surface area contributed by atoms with E-state index in [0.717, 1.165) is 12.8 Å². The number of hydrogen-bond acceptors (Lipinski definition) is 5. The third-order valence-electron chi connectivity index (χ3n) is 3.95. The fourth-order valence-corrected chi connectivity index (χ4v) is 2.38. The molecule has 0 aromatic carbocycles. The topological polar surface area (TPSA) is 73.9 Å². The summed E-state index contributed by atoms with van der Waals surface area (Å²) in [5.74, 6) is -0.431. The maximum atomic E-state index is 11.8. The van der Waals surface area contributed by atoms with Gasteiger partial charge in [-0.3, -0.25) is 0 Å². The summed E-state index contributed by atoms with van der Waals surface area (Å²) < 4.78 is 14.8. The first-order valence-corrected chi connectivity index (χ1v) is 9.70. The molecule has 0 heterocycles. The van der Waals surface area contributed by atoms with Gasteiger partial charge in [-0.1, -0.05) is 64.7 Å². The molecule has 1 N–H and O–H groups in total. The van der Waals surface area contributed by atoms with Gasteiger partial charge in [-0.2, -0.15) is 0 Å². The average Bonchev–Trinajstić information content (AvgIpc) is 2.59. The van der Waals surface area contributed by atoms with E-state index in [1.807, 2.05) is 0 Å². The highest BCUT2D eigenvalue weighted by Crippen LogP contribution is 2.10. The van der Waals surface area contributed by atoms with E-state index in [1.54, 1.807) is 6.92 Å². The number of hydrogen-bond donors (Lipinski definition) is 1. The number of carbonyl (C=O) groups excluding carboxylic acids is 2. The fourth-order valence-electron chi connectivity index (χ4n) is 2.38. The van der Waals surface area contributed by atoms with Crippen molar-refractivity contribution in [2.24, 2.45) is 0 Å². The number of rotatable bonds is 16. The summed E-state index contributed by atoms with van der Waals surface area (Å²) >= 11 is 0. The summed E-state index contributed by atoms with van der Waals surface area (Å²) in [7, 11) is 1.52. The second-order valence-electron chi connectivity index (χ2n) is 6.34. The summed E-state index contributed by atoms with van der Waals surface area (Å²) in [5.41, 5.74) is 0. The predicted molar refractivity (Wildman–Crippen MR) is 98.6 cm³/mol. The van der Waals surface area contributed by atoms with Crippen LogP contribution in [0, 0.1) is 0 Å². The van der Waals surface area contributed by atoms with Crippen molar-refractivity contribution in [2.45, 2.75) is 84.1 Å². The third kappa shape index (κ3) is 15.9. The Labute approximate surface area is 153 Å². The Kier molecular flexibility index (Phi) is 16.6. The number of esters is 1. The van der Waals surface area contributed by atoms with E-state index >= 15 is 0 Å². The zero-order chi connectivity index (χ0) is 18.8. The molecule has 0 bridgehead atoms. The number of ether oxygens (including phenoxy) is 3. The van der Waals surface area contributed by atoms with Crippen molar-refractivity contribution in [3.05, 3.63) is 0 Å². The molecule has 0 saturated carbocycles. The van der Waals surface area contributed by atoms with Crippen LogP contribution in [0.25, 0.3) is 0 Å². The van der Waals surface area contributed by atoms with Crippen molar-refractivity contribution < 1.29 is 23.8 Å². The molecular formula is C19H37NO5. The van der Waals surface area contributed by atoms with Crippen LogP contribution in [0.15, 0.2) is 0 Å². The number of unbranched alkanes of at least 4 members (excludes halogenated alkanes) is 9. The van der Waals surface area contributed by atoms with Crippen molar-refractivity contribution in [3.63, 3.8) is 0 Å². The van der Waals surface area contributed by atoms with E-state index in [9.17, 15) is 9.59 Å². The van der Waals surface area contributed by atoms with Gasteiger partial charge in [0.15, 0.2) is 0 Å². The second kappa shape index (κ2) is 17.5. The van der Waals surface area contributed by atoms with Crippen molar-refractivity contribution >= 4 is 12.1 Å². The molecule has 0 rings (SSSR count). The molecular weight excluding hydrogens is 322 g/mol.